The molecule has 3 rings (SSSR count). The largest absolute Gasteiger partial charge is 0.454 e. The quantitative estimate of drug-likeness (QED) is 0.634. The van der Waals surface area contributed by atoms with Gasteiger partial charge in [-0.05, 0) is 48.8 Å². The zero-order valence-corrected chi connectivity index (χ0v) is 17.1. The van der Waals surface area contributed by atoms with Crippen molar-refractivity contribution in [1.29, 1.82) is 0 Å². The van der Waals surface area contributed by atoms with Crippen molar-refractivity contribution in [2.24, 2.45) is 0 Å². The highest BCUT2D eigenvalue weighted by Crippen LogP contribution is 2.20. The first-order chi connectivity index (χ1) is 12.4. The molecule has 0 saturated heterocycles. The topological polar surface area (TPSA) is 77.9 Å². The molecule has 3 aromatic heterocycles. The number of hydrogen-bond acceptors (Lipinski definition) is 4. The molecule has 0 aliphatic rings. The molecule has 3 aromatic rings. The molecule has 0 aromatic carbocycles. The van der Waals surface area contributed by atoms with Gasteiger partial charge in [0.25, 0.3) is 5.91 Å². The summed E-state index contributed by atoms with van der Waals surface area (Å²) in [5.41, 5.74) is 2.54. The summed E-state index contributed by atoms with van der Waals surface area (Å²) >= 11 is 9.60. The number of carbonyl (C=O) groups excluding carboxylic acids is 1. The fraction of sp³-hybridized carbons (Fsp3) is 0.353. The summed E-state index contributed by atoms with van der Waals surface area (Å²) in [4.78, 5) is 12.3. The average Bonchev–Trinajstić information content (AvgIpc) is 3.29. The van der Waals surface area contributed by atoms with E-state index in [1.165, 1.54) is 0 Å². The highest BCUT2D eigenvalue weighted by atomic mass is 79.9. The van der Waals surface area contributed by atoms with E-state index >= 15 is 0 Å². The molecule has 0 aliphatic heterocycles. The Kier molecular flexibility index (Phi) is 5.52. The summed E-state index contributed by atoms with van der Waals surface area (Å²) in [6.45, 7) is 7.25. The molecule has 0 bridgehead atoms. The molecule has 26 heavy (non-hydrogen) atoms. The first-order valence-electron chi connectivity index (χ1n) is 8.17. The molecule has 1 amide bonds. The lowest BCUT2D eigenvalue weighted by atomic mass is 10.3. The molecule has 138 valence electrons. The zero-order chi connectivity index (χ0) is 18.8. The molecule has 1 N–H and O–H groups in total. The van der Waals surface area contributed by atoms with Crippen molar-refractivity contribution in [2.75, 3.05) is 0 Å². The molecule has 3 heterocycles. The van der Waals surface area contributed by atoms with Crippen LogP contribution in [0, 0.1) is 13.8 Å². The van der Waals surface area contributed by atoms with Crippen LogP contribution in [-0.4, -0.2) is 25.5 Å². The minimum atomic E-state index is -0.279. The van der Waals surface area contributed by atoms with Crippen molar-refractivity contribution < 1.29 is 9.21 Å². The Hall–Kier alpha value is -2.06. The van der Waals surface area contributed by atoms with Gasteiger partial charge >= 0.3 is 0 Å². The molecule has 0 spiro atoms. The van der Waals surface area contributed by atoms with Crippen molar-refractivity contribution in [1.82, 2.24) is 24.9 Å². The van der Waals surface area contributed by atoms with E-state index < -0.39 is 0 Å². The van der Waals surface area contributed by atoms with Crippen molar-refractivity contribution >= 4 is 33.4 Å². The van der Waals surface area contributed by atoms with Gasteiger partial charge in [-0.1, -0.05) is 11.6 Å². The van der Waals surface area contributed by atoms with Gasteiger partial charge in [0.15, 0.2) is 5.76 Å². The molecule has 0 unspecified atom stereocenters. The van der Waals surface area contributed by atoms with Crippen molar-refractivity contribution in [3.8, 4) is 0 Å². The Bertz CT molecular complexity index is 943. The monoisotopic (exact) mass is 439 g/mol. The number of hydrogen-bond donors (Lipinski definition) is 1. The van der Waals surface area contributed by atoms with Gasteiger partial charge in [-0.3, -0.25) is 14.2 Å². The number of halogens is 2. The maximum Gasteiger partial charge on any atom is 0.287 e. The lowest BCUT2D eigenvalue weighted by Gasteiger charge is -2.07. The number of nitrogens with one attached hydrogen (secondary N) is 1. The standard InChI is InChI=1S/C17H19BrClN5O2/c1-4-23-14(13(18)7-21-23)8-20-17(25)15-6-5-12(26-15)9-24-11(3)16(19)10(2)22-24/h5-7H,4,8-9H2,1-3H3,(H,20,25). The number of amides is 1. The summed E-state index contributed by atoms with van der Waals surface area (Å²) < 4.78 is 10.1. The number of carbonyl (C=O) groups is 1. The maximum absolute atomic E-state index is 12.3. The Morgan fingerprint density at radius 2 is 2.12 bits per heavy atom. The summed E-state index contributed by atoms with van der Waals surface area (Å²) in [7, 11) is 0. The highest BCUT2D eigenvalue weighted by Gasteiger charge is 2.15. The molecular weight excluding hydrogens is 422 g/mol. The van der Waals surface area contributed by atoms with E-state index in [0.717, 1.165) is 28.1 Å². The third-order valence-corrected chi connectivity index (χ3v) is 5.31. The number of aryl methyl sites for hydroxylation is 2. The van der Waals surface area contributed by atoms with Crippen LogP contribution in [0.5, 0.6) is 0 Å². The van der Waals surface area contributed by atoms with Gasteiger partial charge in [0, 0.05) is 6.54 Å². The van der Waals surface area contributed by atoms with Crippen LogP contribution in [-0.2, 0) is 19.6 Å². The van der Waals surface area contributed by atoms with E-state index in [0.29, 0.717) is 23.9 Å². The van der Waals surface area contributed by atoms with Gasteiger partial charge in [0.2, 0.25) is 0 Å². The van der Waals surface area contributed by atoms with Crippen LogP contribution in [0.4, 0.5) is 0 Å². The van der Waals surface area contributed by atoms with E-state index in [1.54, 1.807) is 23.0 Å². The van der Waals surface area contributed by atoms with Gasteiger partial charge in [0.05, 0.1) is 45.9 Å². The third-order valence-electron chi connectivity index (χ3n) is 4.10. The van der Waals surface area contributed by atoms with Crippen LogP contribution >= 0.6 is 27.5 Å². The predicted molar refractivity (Wildman–Crippen MR) is 101 cm³/mol. The van der Waals surface area contributed by atoms with Crippen LogP contribution in [0.25, 0.3) is 0 Å². The zero-order valence-electron chi connectivity index (χ0n) is 14.7. The molecule has 0 fully saturated rings. The van der Waals surface area contributed by atoms with Crippen LogP contribution in [0.1, 0.15) is 40.3 Å². The lowest BCUT2D eigenvalue weighted by molar-refractivity contribution is 0.0920. The van der Waals surface area contributed by atoms with Crippen molar-refractivity contribution in [2.45, 2.75) is 40.4 Å². The smallest absolute Gasteiger partial charge is 0.287 e. The Balaban J connectivity index is 1.66. The second-order valence-corrected chi connectivity index (χ2v) is 7.08. The SMILES string of the molecule is CCn1ncc(Br)c1CNC(=O)c1ccc(Cn2nc(C)c(Cl)c2C)o1. The summed E-state index contributed by atoms with van der Waals surface area (Å²) in [6.07, 6.45) is 1.72. The van der Waals surface area contributed by atoms with Gasteiger partial charge in [-0.15, -0.1) is 0 Å². The second-order valence-electron chi connectivity index (χ2n) is 5.85. The van der Waals surface area contributed by atoms with Crippen molar-refractivity contribution in [3.63, 3.8) is 0 Å². The Morgan fingerprint density at radius 3 is 2.77 bits per heavy atom. The number of nitrogens with zero attached hydrogens (tertiary/aromatic N) is 4. The second kappa shape index (κ2) is 7.67. The van der Waals surface area contributed by atoms with Crippen LogP contribution in [0.15, 0.2) is 27.2 Å². The van der Waals surface area contributed by atoms with Gasteiger partial charge in [-0.2, -0.15) is 10.2 Å². The maximum atomic E-state index is 12.3. The lowest BCUT2D eigenvalue weighted by Crippen LogP contribution is -2.24. The third kappa shape index (κ3) is 3.71. The van der Waals surface area contributed by atoms with E-state index in [1.807, 2.05) is 25.5 Å². The summed E-state index contributed by atoms with van der Waals surface area (Å²) in [5.74, 6) is 0.613. The van der Waals surface area contributed by atoms with Gasteiger partial charge < -0.3 is 9.73 Å². The highest BCUT2D eigenvalue weighted by molar-refractivity contribution is 9.10. The molecule has 9 heteroatoms. The molecule has 0 atom stereocenters. The molecular formula is C17H19BrClN5O2. The minimum absolute atomic E-state index is 0.256. The predicted octanol–water partition coefficient (Wildman–Crippen LogP) is 3.70. The number of rotatable bonds is 6. The number of furan rings is 1. The summed E-state index contributed by atoms with van der Waals surface area (Å²) in [6, 6.07) is 3.43. The fourth-order valence-corrected chi connectivity index (χ4v) is 3.22. The van der Waals surface area contributed by atoms with E-state index in [-0.39, 0.29) is 11.7 Å². The van der Waals surface area contributed by atoms with Gasteiger partial charge in [-0.25, -0.2) is 0 Å². The van der Waals surface area contributed by atoms with Gasteiger partial charge in [0.1, 0.15) is 5.76 Å². The normalized spacial score (nSPS) is 11.1. The first kappa shape index (κ1) is 18.7. The van der Waals surface area contributed by atoms with Crippen LogP contribution < -0.4 is 5.32 Å². The van der Waals surface area contributed by atoms with E-state index in [9.17, 15) is 4.79 Å². The molecule has 0 aliphatic carbocycles. The molecule has 0 saturated carbocycles. The van der Waals surface area contributed by atoms with Crippen LogP contribution in [0.2, 0.25) is 5.02 Å². The van der Waals surface area contributed by atoms with Crippen molar-refractivity contribution in [3.05, 3.63) is 56.4 Å². The van der Waals surface area contributed by atoms with E-state index in [2.05, 4.69) is 31.4 Å². The van der Waals surface area contributed by atoms with Crippen LogP contribution in [0.3, 0.4) is 0 Å². The Morgan fingerprint density at radius 1 is 1.35 bits per heavy atom. The molecule has 7 nitrogen and oxygen atoms in total. The minimum Gasteiger partial charge on any atom is -0.454 e. The first-order valence-corrected chi connectivity index (χ1v) is 9.34. The average molecular weight is 441 g/mol. The summed E-state index contributed by atoms with van der Waals surface area (Å²) in [5, 5.41) is 12.1. The molecule has 0 radical (unpaired) electrons. The Labute approximate surface area is 164 Å². The van der Waals surface area contributed by atoms with E-state index in [4.69, 9.17) is 16.0 Å². The fourth-order valence-electron chi connectivity index (χ4n) is 2.65. The number of aromatic nitrogens is 4.